The van der Waals surface area contributed by atoms with Gasteiger partial charge in [-0.15, -0.1) is 0 Å². The molecule has 110 valence electrons. The molecular weight excluding hydrogens is 272 g/mol. The number of pyridine rings is 1. The van der Waals surface area contributed by atoms with Crippen LogP contribution in [0, 0.1) is 13.8 Å². The molecule has 0 radical (unpaired) electrons. The van der Waals surface area contributed by atoms with Gasteiger partial charge in [0.1, 0.15) is 0 Å². The van der Waals surface area contributed by atoms with Crippen LogP contribution in [0.1, 0.15) is 28.4 Å². The van der Waals surface area contributed by atoms with E-state index in [0.29, 0.717) is 5.95 Å². The molecule has 1 atom stereocenters. The number of hydrogen-bond acceptors (Lipinski definition) is 4. The number of aromatic nitrogens is 3. The van der Waals surface area contributed by atoms with Crippen LogP contribution >= 0.6 is 0 Å². The lowest BCUT2D eigenvalue weighted by Crippen LogP contribution is -2.15. The summed E-state index contributed by atoms with van der Waals surface area (Å²) < 4.78 is 0. The highest BCUT2D eigenvalue weighted by molar-refractivity contribution is 5.39. The van der Waals surface area contributed by atoms with Crippen molar-refractivity contribution >= 4 is 5.95 Å². The second-order valence-electron chi connectivity index (χ2n) is 5.33. The van der Waals surface area contributed by atoms with Crippen LogP contribution in [0.2, 0.25) is 0 Å². The van der Waals surface area contributed by atoms with Crippen molar-refractivity contribution in [2.75, 3.05) is 5.32 Å². The minimum absolute atomic E-state index is 0.0798. The summed E-state index contributed by atoms with van der Waals surface area (Å²) in [6.07, 6.45) is 5.41. The fourth-order valence-electron chi connectivity index (χ4n) is 2.32. The Morgan fingerprint density at radius 3 is 2.36 bits per heavy atom. The number of nitrogens with one attached hydrogen (secondary N) is 1. The Kier molecular flexibility index (Phi) is 4.10. The summed E-state index contributed by atoms with van der Waals surface area (Å²) in [5.41, 5.74) is 4.33. The SMILES string of the molecule is Cc1cnc(NC(c2cccc(C)c2)c2ccccn2)nc1. The van der Waals surface area contributed by atoms with E-state index in [4.69, 9.17) is 0 Å². The van der Waals surface area contributed by atoms with E-state index >= 15 is 0 Å². The molecule has 4 heteroatoms. The molecule has 0 amide bonds. The lowest BCUT2D eigenvalue weighted by atomic mass is 10.0. The van der Waals surface area contributed by atoms with Gasteiger partial charge < -0.3 is 5.32 Å². The molecule has 3 aromatic rings. The Morgan fingerprint density at radius 2 is 1.68 bits per heavy atom. The molecule has 4 nitrogen and oxygen atoms in total. The zero-order valence-corrected chi connectivity index (χ0v) is 12.7. The normalized spacial score (nSPS) is 11.9. The lowest BCUT2D eigenvalue weighted by Gasteiger charge is -2.19. The van der Waals surface area contributed by atoms with Crippen molar-refractivity contribution in [2.24, 2.45) is 0 Å². The lowest BCUT2D eigenvalue weighted by molar-refractivity contribution is 0.863. The molecule has 0 aliphatic carbocycles. The number of rotatable bonds is 4. The van der Waals surface area contributed by atoms with Gasteiger partial charge >= 0.3 is 0 Å². The highest BCUT2D eigenvalue weighted by atomic mass is 15.1. The zero-order valence-electron chi connectivity index (χ0n) is 12.7. The first-order valence-corrected chi connectivity index (χ1v) is 7.25. The molecule has 2 heterocycles. The molecule has 0 aliphatic heterocycles. The first-order chi connectivity index (χ1) is 10.7. The third-order valence-electron chi connectivity index (χ3n) is 3.41. The van der Waals surface area contributed by atoms with Crippen LogP contribution in [-0.4, -0.2) is 15.0 Å². The van der Waals surface area contributed by atoms with Crippen molar-refractivity contribution in [3.63, 3.8) is 0 Å². The summed E-state index contributed by atoms with van der Waals surface area (Å²) in [4.78, 5) is 13.2. The van der Waals surface area contributed by atoms with Crippen molar-refractivity contribution < 1.29 is 0 Å². The smallest absolute Gasteiger partial charge is 0.223 e. The van der Waals surface area contributed by atoms with Gasteiger partial charge in [0.05, 0.1) is 11.7 Å². The maximum Gasteiger partial charge on any atom is 0.223 e. The van der Waals surface area contributed by atoms with Crippen LogP contribution in [0.25, 0.3) is 0 Å². The highest BCUT2D eigenvalue weighted by Crippen LogP contribution is 2.24. The van der Waals surface area contributed by atoms with Gasteiger partial charge in [-0.25, -0.2) is 9.97 Å². The molecule has 0 bridgehead atoms. The van der Waals surface area contributed by atoms with E-state index in [0.717, 1.165) is 16.8 Å². The summed E-state index contributed by atoms with van der Waals surface area (Å²) in [6.45, 7) is 4.06. The Balaban J connectivity index is 1.98. The van der Waals surface area contributed by atoms with Crippen LogP contribution in [-0.2, 0) is 0 Å². The molecule has 0 fully saturated rings. The van der Waals surface area contributed by atoms with Gasteiger partial charge in [-0.2, -0.15) is 0 Å². The predicted octanol–water partition coefficient (Wildman–Crippen LogP) is 3.69. The second kappa shape index (κ2) is 6.35. The fraction of sp³-hybridized carbons (Fsp3) is 0.167. The van der Waals surface area contributed by atoms with Crippen molar-refractivity contribution in [3.05, 3.63) is 83.4 Å². The van der Waals surface area contributed by atoms with E-state index in [9.17, 15) is 0 Å². The molecule has 1 unspecified atom stereocenters. The predicted molar refractivity (Wildman–Crippen MR) is 87.7 cm³/mol. The maximum absolute atomic E-state index is 4.48. The summed E-state index contributed by atoms with van der Waals surface area (Å²) >= 11 is 0. The van der Waals surface area contributed by atoms with Gasteiger partial charge in [-0.3, -0.25) is 4.98 Å². The molecule has 22 heavy (non-hydrogen) atoms. The van der Waals surface area contributed by atoms with Gasteiger partial charge in [0.2, 0.25) is 5.95 Å². The molecule has 0 spiro atoms. The van der Waals surface area contributed by atoms with Gasteiger partial charge in [0, 0.05) is 18.6 Å². The van der Waals surface area contributed by atoms with Crippen molar-refractivity contribution in [2.45, 2.75) is 19.9 Å². The summed E-state index contributed by atoms with van der Waals surface area (Å²) in [5, 5.41) is 3.38. The molecular formula is C18H18N4. The minimum atomic E-state index is -0.0798. The average molecular weight is 290 g/mol. The third kappa shape index (κ3) is 3.28. The molecule has 2 aromatic heterocycles. The molecule has 3 rings (SSSR count). The zero-order chi connectivity index (χ0) is 15.4. The van der Waals surface area contributed by atoms with E-state index < -0.39 is 0 Å². The summed E-state index contributed by atoms with van der Waals surface area (Å²) in [5.74, 6) is 0.600. The number of benzene rings is 1. The first-order valence-electron chi connectivity index (χ1n) is 7.25. The largest absolute Gasteiger partial charge is 0.342 e. The number of anilines is 1. The Morgan fingerprint density at radius 1 is 0.864 bits per heavy atom. The Labute approximate surface area is 130 Å². The average Bonchev–Trinajstić information content (AvgIpc) is 2.55. The van der Waals surface area contributed by atoms with Crippen LogP contribution < -0.4 is 5.32 Å². The summed E-state index contributed by atoms with van der Waals surface area (Å²) in [7, 11) is 0. The van der Waals surface area contributed by atoms with Crippen LogP contribution in [0.15, 0.2) is 61.1 Å². The van der Waals surface area contributed by atoms with Crippen molar-refractivity contribution in [3.8, 4) is 0 Å². The van der Waals surface area contributed by atoms with Crippen molar-refractivity contribution in [1.82, 2.24) is 15.0 Å². The Bertz CT molecular complexity index is 739. The van der Waals surface area contributed by atoms with E-state index in [2.05, 4.69) is 51.5 Å². The third-order valence-corrected chi connectivity index (χ3v) is 3.41. The fourth-order valence-corrected chi connectivity index (χ4v) is 2.32. The van der Waals surface area contributed by atoms with Crippen molar-refractivity contribution in [1.29, 1.82) is 0 Å². The van der Waals surface area contributed by atoms with Gasteiger partial charge in [0.25, 0.3) is 0 Å². The molecule has 1 aromatic carbocycles. The van der Waals surface area contributed by atoms with Crippen LogP contribution in [0.3, 0.4) is 0 Å². The van der Waals surface area contributed by atoms with E-state index in [1.807, 2.05) is 25.1 Å². The van der Waals surface area contributed by atoms with Crippen LogP contribution in [0.5, 0.6) is 0 Å². The maximum atomic E-state index is 4.48. The number of nitrogens with zero attached hydrogens (tertiary/aromatic N) is 3. The minimum Gasteiger partial charge on any atom is -0.342 e. The highest BCUT2D eigenvalue weighted by Gasteiger charge is 2.16. The second-order valence-corrected chi connectivity index (χ2v) is 5.33. The Hall–Kier alpha value is -2.75. The van der Waals surface area contributed by atoms with E-state index in [-0.39, 0.29) is 6.04 Å². The van der Waals surface area contributed by atoms with Crippen LogP contribution in [0.4, 0.5) is 5.95 Å². The number of aryl methyl sites for hydroxylation is 2. The number of hydrogen-bond donors (Lipinski definition) is 1. The van der Waals surface area contributed by atoms with Gasteiger partial charge in [-0.05, 0) is 37.1 Å². The molecule has 1 N–H and O–H groups in total. The molecule has 0 saturated carbocycles. The molecule has 0 aliphatic rings. The van der Waals surface area contributed by atoms with Gasteiger partial charge in [0.15, 0.2) is 0 Å². The molecule has 0 saturated heterocycles. The topological polar surface area (TPSA) is 50.7 Å². The first kappa shape index (κ1) is 14.2. The summed E-state index contributed by atoms with van der Waals surface area (Å²) in [6, 6.07) is 14.2. The van der Waals surface area contributed by atoms with E-state index in [1.54, 1.807) is 18.6 Å². The quantitative estimate of drug-likeness (QED) is 0.796. The van der Waals surface area contributed by atoms with E-state index in [1.165, 1.54) is 5.56 Å². The monoisotopic (exact) mass is 290 g/mol. The van der Waals surface area contributed by atoms with Gasteiger partial charge in [-0.1, -0.05) is 35.9 Å². The standard InChI is InChI=1S/C18H18N4/c1-13-6-5-7-15(10-13)17(16-8-3-4-9-19-16)22-18-20-11-14(2)12-21-18/h3-12,17H,1-2H3,(H,20,21,22).